The summed E-state index contributed by atoms with van der Waals surface area (Å²) in [5, 5.41) is 1.24. The van der Waals surface area contributed by atoms with E-state index >= 15 is 0 Å². The van der Waals surface area contributed by atoms with E-state index in [1.165, 1.54) is 6.07 Å². The van der Waals surface area contributed by atoms with E-state index in [1.807, 2.05) is 6.92 Å². The van der Waals surface area contributed by atoms with Gasteiger partial charge in [0.05, 0.1) is 6.61 Å². The van der Waals surface area contributed by atoms with Crippen LogP contribution in [0.1, 0.15) is 19.8 Å². The van der Waals surface area contributed by atoms with Gasteiger partial charge in [-0.3, -0.25) is 0 Å². The second kappa shape index (κ2) is 12.0. The Morgan fingerprint density at radius 3 is 1.92 bits per heavy atom. The highest BCUT2D eigenvalue weighted by atomic mass is 35.5. The first-order chi connectivity index (χ1) is 17.5. The summed E-state index contributed by atoms with van der Waals surface area (Å²) in [6.45, 7) is 2.38. The lowest BCUT2D eigenvalue weighted by Crippen LogP contribution is -2.16. The smallest absolute Gasteiger partial charge is 0.490 e. The Hall–Kier alpha value is -4.23. The van der Waals surface area contributed by atoms with Gasteiger partial charge in [-0.25, -0.2) is 9.59 Å². The maximum Gasteiger partial charge on any atom is 0.519 e. The molecule has 4 aromatic rings. The molecular formula is C28H23ClO7. The minimum absolute atomic E-state index is 0.113. The van der Waals surface area contributed by atoms with E-state index in [9.17, 15) is 9.59 Å². The number of fused-ring (bicyclic) bond motifs is 1. The van der Waals surface area contributed by atoms with E-state index in [4.69, 9.17) is 35.3 Å². The molecule has 0 saturated heterocycles. The van der Waals surface area contributed by atoms with Gasteiger partial charge >= 0.3 is 12.3 Å². The van der Waals surface area contributed by atoms with Crippen molar-refractivity contribution in [3.8, 4) is 28.7 Å². The molecule has 0 atom stereocenters. The molecule has 0 fully saturated rings. The third kappa shape index (κ3) is 6.46. The summed E-state index contributed by atoms with van der Waals surface area (Å²) in [5.74, 6) is 1.09. The van der Waals surface area contributed by atoms with E-state index in [2.05, 4.69) is 0 Å². The molecule has 0 amide bonds. The van der Waals surface area contributed by atoms with Crippen molar-refractivity contribution >= 4 is 34.7 Å². The molecule has 0 aliphatic carbocycles. The van der Waals surface area contributed by atoms with E-state index in [0.717, 1.165) is 12.8 Å². The second-order valence-corrected chi connectivity index (χ2v) is 8.06. The Kier molecular flexibility index (Phi) is 8.26. The first-order valence-electron chi connectivity index (χ1n) is 11.3. The zero-order chi connectivity index (χ0) is 25.3. The highest BCUT2D eigenvalue weighted by molar-refractivity contribution is 6.31. The number of unbranched alkanes of at least 4 members (excludes halogenated alkanes) is 1. The van der Waals surface area contributed by atoms with Crippen LogP contribution in [0.15, 0.2) is 84.9 Å². The molecule has 0 N–H and O–H groups in total. The van der Waals surface area contributed by atoms with Crippen LogP contribution < -0.4 is 23.7 Å². The Balaban J connectivity index is 1.69. The maximum absolute atomic E-state index is 12.6. The summed E-state index contributed by atoms with van der Waals surface area (Å²) in [4.78, 5) is 25.1. The predicted octanol–water partition coefficient (Wildman–Crippen LogP) is 7.83. The number of halogens is 1. The molecule has 0 aliphatic heterocycles. The lowest BCUT2D eigenvalue weighted by Gasteiger charge is -2.17. The van der Waals surface area contributed by atoms with Gasteiger partial charge in [-0.2, -0.15) is 0 Å². The van der Waals surface area contributed by atoms with E-state index in [-0.39, 0.29) is 17.2 Å². The molecule has 8 heteroatoms. The highest BCUT2D eigenvalue weighted by Crippen LogP contribution is 2.43. The predicted molar refractivity (Wildman–Crippen MR) is 136 cm³/mol. The summed E-state index contributed by atoms with van der Waals surface area (Å²) >= 11 is 6.23. The molecular weight excluding hydrogens is 484 g/mol. The molecule has 0 aromatic heterocycles. The van der Waals surface area contributed by atoms with Crippen LogP contribution in [0.3, 0.4) is 0 Å². The van der Waals surface area contributed by atoms with Gasteiger partial charge in [-0.1, -0.05) is 61.3 Å². The number of hydrogen-bond acceptors (Lipinski definition) is 7. The number of carbonyl (C=O) groups excluding carboxylic acids is 2. The zero-order valence-corrected chi connectivity index (χ0v) is 20.2. The number of benzene rings is 4. The van der Waals surface area contributed by atoms with Crippen LogP contribution in [0.2, 0.25) is 5.02 Å². The summed E-state index contributed by atoms with van der Waals surface area (Å²) in [6.07, 6.45) is -0.241. The first kappa shape index (κ1) is 24.9. The van der Waals surface area contributed by atoms with E-state index in [0.29, 0.717) is 33.9 Å². The molecule has 0 saturated carbocycles. The second-order valence-electron chi connectivity index (χ2n) is 7.63. The van der Waals surface area contributed by atoms with Crippen molar-refractivity contribution in [3.05, 3.63) is 90.0 Å². The van der Waals surface area contributed by atoms with Crippen molar-refractivity contribution in [3.63, 3.8) is 0 Å². The molecule has 184 valence electrons. The van der Waals surface area contributed by atoms with Gasteiger partial charge in [0.2, 0.25) is 0 Å². The van der Waals surface area contributed by atoms with Gasteiger partial charge in [0.1, 0.15) is 17.2 Å². The van der Waals surface area contributed by atoms with Gasteiger partial charge in [0.25, 0.3) is 0 Å². The monoisotopic (exact) mass is 506 g/mol. The standard InChI is InChI=1S/C28H23ClO7/c1-2-3-16-32-25-18-24(35-27(30)33-20-10-6-4-7-11-20)23-17-19(29)14-15-22(23)26(25)36-28(31)34-21-12-8-5-9-13-21/h4-15,17-18H,2-3,16H2,1H3. The largest absolute Gasteiger partial charge is 0.519 e. The Labute approximate surface area is 213 Å². The fraction of sp³-hybridized carbons (Fsp3) is 0.143. The zero-order valence-electron chi connectivity index (χ0n) is 19.4. The quantitative estimate of drug-likeness (QED) is 0.137. The molecule has 0 bridgehead atoms. The van der Waals surface area contributed by atoms with Crippen LogP contribution in [0.5, 0.6) is 28.7 Å². The van der Waals surface area contributed by atoms with Crippen molar-refractivity contribution in [1.82, 2.24) is 0 Å². The van der Waals surface area contributed by atoms with Crippen molar-refractivity contribution in [2.75, 3.05) is 6.61 Å². The minimum atomic E-state index is -0.949. The number of para-hydroxylation sites is 2. The molecule has 0 radical (unpaired) electrons. The van der Waals surface area contributed by atoms with Gasteiger partial charge in [0.15, 0.2) is 11.5 Å². The highest BCUT2D eigenvalue weighted by Gasteiger charge is 2.22. The molecule has 0 heterocycles. The molecule has 7 nitrogen and oxygen atoms in total. The molecule has 0 aliphatic rings. The molecule has 4 aromatic carbocycles. The summed E-state index contributed by atoms with van der Waals surface area (Å²) in [7, 11) is 0. The topological polar surface area (TPSA) is 80.3 Å². The third-order valence-electron chi connectivity index (χ3n) is 5.00. The van der Waals surface area contributed by atoms with Gasteiger partial charge in [-0.05, 0) is 48.9 Å². The van der Waals surface area contributed by atoms with Crippen LogP contribution in [0.25, 0.3) is 10.8 Å². The average Bonchev–Trinajstić information content (AvgIpc) is 2.87. The third-order valence-corrected chi connectivity index (χ3v) is 5.24. The lowest BCUT2D eigenvalue weighted by molar-refractivity contribution is 0.148. The van der Waals surface area contributed by atoms with Crippen LogP contribution in [-0.4, -0.2) is 18.9 Å². The first-order valence-corrected chi connectivity index (χ1v) is 11.7. The molecule has 0 spiro atoms. The Bertz CT molecular complexity index is 1340. The summed E-state index contributed by atoms with van der Waals surface area (Å²) in [6, 6.07) is 23.4. The summed E-state index contributed by atoms with van der Waals surface area (Å²) < 4.78 is 27.6. The Morgan fingerprint density at radius 2 is 1.31 bits per heavy atom. The van der Waals surface area contributed by atoms with E-state index in [1.54, 1.807) is 78.9 Å². The SMILES string of the molecule is CCCCOc1cc(OC(=O)Oc2ccccc2)c2cc(Cl)ccc2c1OC(=O)Oc1ccccc1. The normalized spacial score (nSPS) is 10.5. The molecule has 36 heavy (non-hydrogen) atoms. The van der Waals surface area contributed by atoms with Crippen molar-refractivity contribution in [2.24, 2.45) is 0 Å². The molecule has 4 rings (SSSR count). The van der Waals surface area contributed by atoms with Gasteiger partial charge in [-0.15, -0.1) is 0 Å². The Morgan fingerprint density at radius 1 is 0.694 bits per heavy atom. The van der Waals surface area contributed by atoms with Crippen LogP contribution >= 0.6 is 11.6 Å². The molecule has 0 unspecified atom stereocenters. The number of rotatable bonds is 8. The number of ether oxygens (including phenoxy) is 5. The number of hydrogen-bond donors (Lipinski definition) is 0. The van der Waals surface area contributed by atoms with Crippen LogP contribution in [0, 0.1) is 0 Å². The number of carbonyl (C=O) groups is 2. The average molecular weight is 507 g/mol. The van der Waals surface area contributed by atoms with Crippen LogP contribution in [0.4, 0.5) is 9.59 Å². The van der Waals surface area contributed by atoms with Crippen molar-refractivity contribution < 1.29 is 33.3 Å². The van der Waals surface area contributed by atoms with Crippen LogP contribution in [-0.2, 0) is 0 Å². The van der Waals surface area contributed by atoms with Crippen molar-refractivity contribution in [1.29, 1.82) is 0 Å². The fourth-order valence-corrected chi connectivity index (χ4v) is 3.49. The maximum atomic E-state index is 12.6. The summed E-state index contributed by atoms with van der Waals surface area (Å²) in [5.41, 5.74) is 0. The fourth-order valence-electron chi connectivity index (χ4n) is 3.32. The van der Waals surface area contributed by atoms with Crippen molar-refractivity contribution in [2.45, 2.75) is 19.8 Å². The minimum Gasteiger partial charge on any atom is -0.490 e. The van der Waals surface area contributed by atoms with Gasteiger partial charge < -0.3 is 23.7 Å². The lowest BCUT2D eigenvalue weighted by atomic mass is 10.1. The van der Waals surface area contributed by atoms with Gasteiger partial charge in [0, 0.05) is 21.9 Å². The van der Waals surface area contributed by atoms with E-state index < -0.39 is 12.3 Å².